The van der Waals surface area contributed by atoms with Crippen LogP contribution in [0.15, 0.2) is 42.6 Å². The molecule has 2 amide bonds. The summed E-state index contributed by atoms with van der Waals surface area (Å²) < 4.78 is 12.8. The first kappa shape index (κ1) is 14.9. The maximum Gasteiger partial charge on any atom is 0.320 e. The van der Waals surface area contributed by atoms with Crippen LogP contribution < -0.4 is 10.6 Å². The lowest BCUT2D eigenvalue weighted by atomic mass is 10.0. The molecule has 2 rings (SSSR count). The third-order valence-electron chi connectivity index (χ3n) is 2.86. The number of anilines is 1. The Kier molecular flexibility index (Phi) is 4.78. The van der Waals surface area contributed by atoms with E-state index >= 15 is 0 Å². The summed E-state index contributed by atoms with van der Waals surface area (Å²) in [4.78, 5) is 11.8. The molecule has 0 fully saturated rings. The van der Waals surface area contributed by atoms with Crippen molar-refractivity contribution in [1.29, 1.82) is 0 Å². The molecule has 3 N–H and O–H groups in total. The molecule has 0 aliphatic carbocycles. The number of aliphatic hydroxyl groups excluding tert-OH is 1. The Hall–Kier alpha value is -2.54. The Balaban J connectivity index is 1.92. The minimum Gasteiger partial charge on any atom is -0.386 e. The topological polar surface area (TPSA) is 87.1 Å². The molecule has 1 heterocycles. The van der Waals surface area contributed by atoms with Gasteiger partial charge in [-0.2, -0.15) is 5.10 Å². The van der Waals surface area contributed by atoms with E-state index in [1.165, 1.54) is 30.5 Å². The van der Waals surface area contributed by atoms with Gasteiger partial charge in [0.1, 0.15) is 5.82 Å². The maximum absolute atomic E-state index is 12.8. The van der Waals surface area contributed by atoms with Crippen LogP contribution >= 0.6 is 0 Å². The van der Waals surface area contributed by atoms with Gasteiger partial charge in [0.25, 0.3) is 0 Å². The molecule has 0 aliphatic rings. The molecule has 6 nitrogen and oxygen atoms in total. The number of benzene rings is 1. The van der Waals surface area contributed by atoms with Crippen molar-refractivity contribution < 1.29 is 14.3 Å². The van der Waals surface area contributed by atoms with Gasteiger partial charge in [0.2, 0.25) is 0 Å². The van der Waals surface area contributed by atoms with Gasteiger partial charge in [-0.3, -0.25) is 5.32 Å². The van der Waals surface area contributed by atoms with Gasteiger partial charge in [-0.15, -0.1) is 5.10 Å². The van der Waals surface area contributed by atoms with Gasteiger partial charge >= 0.3 is 6.03 Å². The largest absolute Gasteiger partial charge is 0.386 e. The molecular weight excluding hydrogens is 275 g/mol. The van der Waals surface area contributed by atoms with Crippen molar-refractivity contribution in [3.8, 4) is 0 Å². The van der Waals surface area contributed by atoms with E-state index < -0.39 is 18.2 Å². The van der Waals surface area contributed by atoms with Crippen LogP contribution in [0.4, 0.5) is 15.0 Å². The molecule has 0 spiro atoms. The number of nitrogens with one attached hydrogen (secondary N) is 2. The number of aliphatic hydroxyl groups is 1. The molecule has 0 saturated carbocycles. The Morgan fingerprint density at radius 2 is 2.00 bits per heavy atom. The summed E-state index contributed by atoms with van der Waals surface area (Å²) in [5.74, 6) is -0.0783. The lowest BCUT2D eigenvalue weighted by Gasteiger charge is -2.20. The molecule has 2 aromatic rings. The number of hydrogen-bond donors (Lipinski definition) is 3. The Morgan fingerprint density at radius 1 is 1.29 bits per heavy atom. The van der Waals surface area contributed by atoms with Crippen molar-refractivity contribution in [2.45, 2.75) is 19.1 Å². The molecule has 21 heavy (non-hydrogen) atoms. The van der Waals surface area contributed by atoms with E-state index in [-0.39, 0.29) is 5.82 Å². The van der Waals surface area contributed by atoms with Crippen molar-refractivity contribution in [3.05, 3.63) is 54.0 Å². The number of nitrogens with zero attached hydrogens (tertiary/aromatic N) is 2. The Labute approximate surface area is 121 Å². The zero-order chi connectivity index (χ0) is 15.2. The first-order chi connectivity index (χ1) is 10.1. The van der Waals surface area contributed by atoms with Crippen molar-refractivity contribution in [1.82, 2.24) is 15.5 Å². The molecule has 1 aromatic carbocycles. The predicted molar refractivity (Wildman–Crippen MR) is 75.0 cm³/mol. The van der Waals surface area contributed by atoms with Gasteiger partial charge in [0.05, 0.1) is 12.1 Å². The van der Waals surface area contributed by atoms with Crippen LogP contribution in [0.25, 0.3) is 0 Å². The molecule has 0 radical (unpaired) electrons. The second-order valence-corrected chi connectivity index (χ2v) is 4.49. The zero-order valence-electron chi connectivity index (χ0n) is 11.3. The van der Waals surface area contributed by atoms with Crippen LogP contribution in [-0.4, -0.2) is 27.4 Å². The molecule has 0 bridgehead atoms. The van der Waals surface area contributed by atoms with E-state index in [0.717, 1.165) is 0 Å². The van der Waals surface area contributed by atoms with E-state index in [0.29, 0.717) is 11.4 Å². The third kappa shape index (κ3) is 4.22. The number of rotatable bonds is 4. The molecule has 110 valence electrons. The lowest BCUT2D eigenvalue weighted by Crippen LogP contribution is -2.39. The number of carbonyl (C=O) groups is 1. The average molecular weight is 290 g/mol. The summed E-state index contributed by atoms with van der Waals surface area (Å²) in [5.41, 5.74) is 0.517. The SMILES string of the molecule is CC(NC(=O)Nc1cccnn1)C(O)c1ccc(F)cc1. The van der Waals surface area contributed by atoms with E-state index in [4.69, 9.17) is 0 Å². The van der Waals surface area contributed by atoms with Crippen molar-refractivity contribution in [3.63, 3.8) is 0 Å². The maximum atomic E-state index is 12.8. The first-order valence-corrected chi connectivity index (χ1v) is 6.35. The monoisotopic (exact) mass is 290 g/mol. The van der Waals surface area contributed by atoms with Gasteiger partial charge in [-0.05, 0) is 36.8 Å². The highest BCUT2D eigenvalue weighted by atomic mass is 19.1. The number of amides is 2. The molecule has 0 aliphatic heterocycles. The van der Waals surface area contributed by atoms with Crippen molar-refractivity contribution in [2.24, 2.45) is 0 Å². The van der Waals surface area contributed by atoms with Gasteiger partial charge in [-0.1, -0.05) is 12.1 Å². The fourth-order valence-electron chi connectivity index (χ4n) is 1.75. The van der Waals surface area contributed by atoms with Gasteiger partial charge in [0, 0.05) is 6.20 Å². The highest BCUT2D eigenvalue weighted by Crippen LogP contribution is 2.17. The van der Waals surface area contributed by atoms with Crippen molar-refractivity contribution >= 4 is 11.8 Å². The van der Waals surface area contributed by atoms with E-state index in [1.807, 2.05) is 0 Å². The van der Waals surface area contributed by atoms with E-state index in [2.05, 4.69) is 20.8 Å². The van der Waals surface area contributed by atoms with Gasteiger partial charge < -0.3 is 10.4 Å². The number of hydrogen-bond acceptors (Lipinski definition) is 4. The van der Waals surface area contributed by atoms with Gasteiger partial charge in [-0.25, -0.2) is 9.18 Å². The van der Waals surface area contributed by atoms with Crippen LogP contribution in [0.2, 0.25) is 0 Å². The molecule has 7 heteroatoms. The number of carbonyl (C=O) groups excluding carboxylic acids is 1. The van der Waals surface area contributed by atoms with E-state index in [9.17, 15) is 14.3 Å². The Bertz CT molecular complexity index is 592. The van der Waals surface area contributed by atoms with Gasteiger partial charge in [0.15, 0.2) is 5.82 Å². The molecular formula is C14H15FN4O2. The molecule has 2 atom stereocenters. The second kappa shape index (κ2) is 6.76. The summed E-state index contributed by atoms with van der Waals surface area (Å²) in [7, 11) is 0. The molecule has 0 saturated heterocycles. The number of aromatic nitrogens is 2. The zero-order valence-corrected chi connectivity index (χ0v) is 11.3. The van der Waals surface area contributed by atoms with E-state index in [1.54, 1.807) is 19.1 Å². The summed E-state index contributed by atoms with van der Waals surface area (Å²) >= 11 is 0. The van der Waals surface area contributed by atoms with Crippen molar-refractivity contribution in [2.75, 3.05) is 5.32 Å². The average Bonchev–Trinajstić information content (AvgIpc) is 2.48. The van der Waals surface area contributed by atoms with Crippen LogP contribution in [0.5, 0.6) is 0 Å². The fraction of sp³-hybridized carbons (Fsp3) is 0.214. The summed E-state index contributed by atoms with van der Waals surface area (Å²) in [6.07, 6.45) is 0.544. The van der Waals surface area contributed by atoms with Crippen LogP contribution in [-0.2, 0) is 0 Å². The summed E-state index contributed by atoms with van der Waals surface area (Å²) in [6.45, 7) is 1.64. The number of halogens is 1. The summed E-state index contributed by atoms with van der Waals surface area (Å²) in [6, 6.07) is 7.61. The highest BCUT2D eigenvalue weighted by molar-refractivity contribution is 5.88. The lowest BCUT2D eigenvalue weighted by molar-refractivity contribution is 0.139. The fourth-order valence-corrected chi connectivity index (χ4v) is 1.75. The quantitative estimate of drug-likeness (QED) is 0.802. The minimum absolute atomic E-state index is 0.304. The van der Waals surface area contributed by atoms with Crippen LogP contribution in [0.1, 0.15) is 18.6 Å². The smallest absolute Gasteiger partial charge is 0.320 e. The minimum atomic E-state index is -0.946. The Morgan fingerprint density at radius 3 is 2.62 bits per heavy atom. The first-order valence-electron chi connectivity index (χ1n) is 6.35. The standard InChI is InChI=1S/C14H15FN4O2/c1-9(13(20)10-4-6-11(15)7-5-10)17-14(21)18-12-3-2-8-16-19-12/h2-9,13,20H,1H3,(H2,17,18,19,21). The third-order valence-corrected chi connectivity index (χ3v) is 2.86. The predicted octanol–water partition coefficient (Wildman–Crippen LogP) is 1.86. The van der Waals surface area contributed by atoms with Crippen LogP contribution in [0.3, 0.4) is 0 Å². The van der Waals surface area contributed by atoms with Crippen LogP contribution in [0, 0.1) is 5.82 Å². The number of urea groups is 1. The normalized spacial score (nSPS) is 13.3. The molecule has 2 unspecified atom stereocenters. The second-order valence-electron chi connectivity index (χ2n) is 4.49. The molecule has 1 aromatic heterocycles. The highest BCUT2D eigenvalue weighted by Gasteiger charge is 2.18. The summed E-state index contributed by atoms with van der Waals surface area (Å²) in [5, 5.41) is 22.5.